The number of hydrogen-bond donors (Lipinski definition) is 0. The average Bonchev–Trinajstić information content (AvgIpc) is 2.89. The molecule has 0 aliphatic heterocycles. The molecule has 2 aromatic carbocycles. The second-order valence-electron chi connectivity index (χ2n) is 5.82. The number of aromatic nitrogens is 1. The molecule has 0 radical (unpaired) electrons. The Balaban J connectivity index is 2.13. The van der Waals surface area contributed by atoms with E-state index in [1.807, 2.05) is 30.5 Å². The van der Waals surface area contributed by atoms with E-state index in [9.17, 15) is 10.1 Å². The third kappa shape index (κ3) is 2.75. The van der Waals surface area contributed by atoms with E-state index >= 15 is 0 Å². The molecular formula is C19H18N2O2. The van der Waals surface area contributed by atoms with E-state index in [-0.39, 0.29) is 5.70 Å². The van der Waals surface area contributed by atoms with Crippen molar-refractivity contribution in [3.63, 3.8) is 0 Å². The molecule has 0 spiro atoms. The van der Waals surface area contributed by atoms with Gasteiger partial charge in [0.1, 0.15) is 0 Å². The largest absolute Gasteiger partial charge is 0.342 e. The number of nitro groups is 1. The van der Waals surface area contributed by atoms with E-state index in [1.54, 1.807) is 0 Å². The van der Waals surface area contributed by atoms with Crippen molar-refractivity contribution in [2.24, 2.45) is 0 Å². The Morgan fingerprint density at radius 3 is 2.70 bits per heavy atom. The van der Waals surface area contributed by atoms with Crippen molar-refractivity contribution in [3.05, 3.63) is 87.6 Å². The zero-order chi connectivity index (χ0) is 16.6. The minimum absolute atomic E-state index is 0.0686. The maximum atomic E-state index is 11.1. The lowest BCUT2D eigenvalue weighted by molar-refractivity contribution is -0.374. The van der Waals surface area contributed by atoms with Gasteiger partial charge in [-0.05, 0) is 37.6 Å². The van der Waals surface area contributed by atoms with Gasteiger partial charge in [0.05, 0.1) is 10.5 Å². The molecule has 0 amide bonds. The van der Waals surface area contributed by atoms with Gasteiger partial charge in [-0.15, -0.1) is 0 Å². The van der Waals surface area contributed by atoms with Crippen molar-refractivity contribution in [2.45, 2.75) is 20.4 Å². The van der Waals surface area contributed by atoms with Crippen LogP contribution in [0.15, 0.2) is 55.2 Å². The van der Waals surface area contributed by atoms with Crippen molar-refractivity contribution in [1.82, 2.24) is 4.57 Å². The fraction of sp³-hybridized carbons (Fsp3) is 0.158. The molecule has 116 valence electrons. The van der Waals surface area contributed by atoms with Gasteiger partial charge in [-0.25, -0.2) is 0 Å². The molecule has 0 unspecified atom stereocenters. The summed E-state index contributed by atoms with van der Waals surface area (Å²) in [6.07, 6.45) is 1.83. The fourth-order valence-corrected chi connectivity index (χ4v) is 2.86. The molecule has 1 heterocycles. The summed E-state index contributed by atoms with van der Waals surface area (Å²) in [5.74, 6) is 0. The number of nitrogens with zero attached hydrogens (tertiary/aromatic N) is 2. The van der Waals surface area contributed by atoms with E-state index in [4.69, 9.17) is 0 Å². The van der Waals surface area contributed by atoms with E-state index in [2.05, 4.69) is 43.2 Å². The number of para-hydroxylation sites is 1. The second-order valence-corrected chi connectivity index (χ2v) is 5.82. The first kappa shape index (κ1) is 15.0. The van der Waals surface area contributed by atoms with Crippen molar-refractivity contribution >= 4 is 16.6 Å². The Hall–Kier alpha value is -2.88. The summed E-state index contributed by atoms with van der Waals surface area (Å²) in [4.78, 5) is 10.7. The lowest BCUT2D eigenvalue weighted by Gasteiger charge is -2.09. The van der Waals surface area contributed by atoms with Crippen LogP contribution in [-0.2, 0) is 6.54 Å². The third-order valence-electron chi connectivity index (χ3n) is 4.17. The monoisotopic (exact) mass is 306 g/mol. The molecule has 1 aromatic heterocycles. The Labute approximate surface area is 134 Å². The van der Waals surface area contributed by atoms with Crippen LogP contribution in [0.4, 0.5) is 0 Å². The van der Waals surface area contributed by atoms with Gasteiger partial charge in [-0.2, -0.15) is 0 Å². The van der Waals surface area contributed by atoms with Crippen LogP contribution in [0.3, 0.4) is 0 Å². The van der Waals surface area contributed by atoms with Crippen LogP contribution in [0.2, 0.25) is 0 Å². The number of hydrogen-bond acceptors (Lipinski definition) is 2. The van der Waals surface area contributed by atoms with Crippen LogP contribution < -0.4 is 0 Å². The quantitative estimate of drug-likeness (QED) is 0.524. The molecule has 4 nitrogen and oxygen atoms in total. The van der Waals surface area contributed by atoms with Gasteiger partial charge in [0, 0.05) is 23.6 Å². The molecular weight excluding hydrogens is 288 g/mol. The first-order valence-electron chi connectivity index (χ1n) is 7.45. The van der Waals surface area contributed by atoms with E-state index in [0.717, 1.165) is 10.9 Å². The van der Waals surface area contributed by atoms with Crippen LogP contribution in [0.5, 0.6) is 0 Å². The highest BCUT2D eigenvalue weighted by atomic mass is 16.6. The average molecular weight is 306 g/mol. The SMILES string of the molecule is C=C(c1cn(Cc2cc(C)ccc2C)c2ccccc12)[N+](=O)[O-]. The minimum Gasteiger partial charge on any atom is -0.342 e. The Morgan fingerprint density at radius 2 is 1.96 bits per heavy atom. The van der Waals surface area contributed by atoms with Gasteiger partial charge in [0.2, 0.25) is 0 Å². The molecule has 4 heteroatoms. The van der Waals surface area contributed by atoms with Crippen LogP contribution in [0.1, 0.15) is 22.3 Å². The van der Waals surface area contributed by atoms with E-state index < -0.39 is 4.92 Å². The maximum Gasteiger partial charge on any atom is 0.271 e. The first-order valence-corrected chi connectivity index (χ1v) is 7.45. The molecule has 23 heavy (non-hydrogen) atoms. The zero-order valence-corrected chi connectivity index (χ0v) is 13.2. The maximum absolute atomic E-state index is 11.1. The normalized spacial score (nSPS) is 10.9. The second kappa shape index (κ2) is 5.72. The summed E-state index contributed by atoms with van der Waals surface area (Å²) < 4.78 is 2.06. The molecule has 0 fully saturated rings. The van der Waals surface area contributed by atoms with Crippen molar-refractivity contribution in [3.8, 4) is 0 Å². The van der Waals surface area contributed by atoms with Crippen LogP contribution in [0, 0.1) is 24.0 Å². The van der Waals surface area contributed by atoms with Crippen LogP contribution >= 0.6 is 0 Å². The van der Waals surface area contributed by atoms with E-state index in [1.165, 1.54) is 16.7 Å². The standard InChI is InChI=1S/C19H18N2O2/c1-13-8-9-14(2)16(10-13)11-20-12-18(15(3)21(22)23)17-6-4-5-7-19(17)20/h4-10,12H,3,11H2,1-2H3. The van der Waals surface area contributed by atoms with Gasteiger partial charge in [-0.3, -0.25) is 10.1 Å². The number of aryl methyl sites for hydroxylation is 2. The van der Waals surface area contributed by atoms with Gasteiger partial charge >= 0.3 is 0 Å². The van der Waals surface area contributed by atoms with Gasteiger partial charge in [0.25, 0.3) is 5.70 Å². The highest BCUT2D eigenvalue weighted by Crippen LogP contribution is 2.28. The molecule has 0 saturated carbocycles. The summed E-state index contributed by atoms with van der Waals surface area (Å²) in [5, 5.41) is 12.0. The summed E-state index contributed by atoms with van der Waals surface area (Å²) in [5.41, 5.74) is 5.12. The summed E-state index contributed by atoms with van der Waals surface area (Å²) in [7, 11) is 0. The Morgan fingerprint density at radius 1 is 1.22 bits per heavy atom. The lowest BCUT2D eigenvalue weighted by Crippen LogP contribution is -2.01. The van der Waals surface area contributed by atoms with Gasteiger partial charge < -0.3 is 4.57 Å². The molecule has 0 aliphatic rings. The predicted octanol–water partition coefficient (Wildman–Crippen LogP) is 4.55. The fourth-order valence-electron chi connectivity index (χ4n) is 2.86. The highest BCUT2D eigenvalue weighted by Gasteiger charge is 2.18. The minimum atomic E-state index is -0.427. The number of rotatable bonds is 4. The smallest absolute Gasteiger partial charge is 0.271 e. The van der Waals surface area contributed by atoms with Gasteiger partial charge in [-0.1, -0.05) is 42.0 Å². The first-order chi connectivity index (χ1) is 11.0. The van der Waals surface area contributed by atoms with Crippen LogP contribution in [-0.4, -0.2) is 9.49 Å². The summed E-state index contributed by atoms with van der Waals surface area (Å²) in [6, 6.07) is 14.1. The Kier molecular flexibility index (Phi) is 3.74. The Bertz CT molecular complexity index is 922. The molecule has 3 rings (SSSR count). The zero-order valence-electron chi connectivity index (χ0n) is 13.2. The van der Waals surface area contributed by atoms with E-state index in [0.29, 0.717) is 12.1 Å². The molecule has 0 bridgehead atoms. The summed E-state index contributed by atoms with van der Waals surface area (Å²) in [6.45, 7) is 8.44. The van der Waals surface area contributed by atoms with Crippen molar-refractivity contribution in [1.29, 1.82) is 0 Å². The topological polar surface area (TPSA) is 48.1 Å². The predicted molar refractivity (Wildman–Crippen MR) is 93.0 cm³/mol. The molecule has 0 N–H and O–H groups in total. The summed E-state index contributed by atoms with van der Waals surface area (Å²) >= 11 is 0. The number of fused-ring (bicyclic) bond motifs is 1. The van der Waals surface area contributed by atoms with Gasteiger partial charge in [0.15, 0.2) is 0 Å². The highest BCUT2D eigenvalue weighted by molar-refractivity contribution is 5.91. The lowest BCUT2D eigenvalue weighted by atomic mass is 10.1. The third-order valence-corrected chi connectivity index (χ3v) is 4.17. The molecule has 0 aliphatic carbocycles. The van der Waals surface area contributed by atoms with Crippen molar-refractivity contribution < 1.29 is 4.92 Å². The molecule has 3 aromatic rings. The van der Waals surface area contributed by atoms with Crippen molar-refractivity contribution in [2.75, 3.05) is 0 Å². The van der Waals surface area contributed by atoms with Crippen LogP contribution in [0.25, 0.3) is 16.6 Å². The number of benzene rings is 2. The molecule has 0 atom stereocenters. The molecule has 0 saturated heterocycles.